The quantitative estimate of drug-likeness (QED) is 0.700. The van der Waals surface area contributed by atoms with E-state index in [1.807, 2.05) is 36.4 Å². The summed E-state index contributed by atoms with van der Waals surface area (Å²) in [5, 5.41) is 19.3. The van der Waals surface area contributed by atoms with Crippen LogP contribution >= 0.6 is 11.3 Å². The van der Waals surface area contributed by atoms with Gasteiger partial charge in [-0.1, -0.05) is 36.4 Å². The first-order valence-corrected chi connectivity index (χ1v) is 11.8. The zero-order valence-corrected chi connectivity index (χ0v) is 19.0. The number of ether oxygens (including phenoxy) is 1. The van der Waals surface area contributed by atoms with E-state index in [1.165, 1.54) is 16.3 Å². The largest absolute Gasteiger partial charge is 0.512 e. The molecule has 1 amide bonds. The molecule has 7 nitrogen and oxygen atoms in total. The molecule has 2 unspecified atom stereocenters. The third-order valence-corrected chi connectivity index (χ3v) is 6.88. The molecule has 5 rings (SSSR count). The van der Waals surface area contributed by atoms with Gasteiger partial charge in [-0.3, -0.25) is 9.78 Å². The number of pyridine rings is 1. The highest BCUT2D eigenvalue weighted by Crippen LogP contribution is 2.32. The predicted octanol–water partition coefficient (Wildman–Crippen LogP) is 4.68. The predicted molar refractivity (Wildman–Crippen MR) is 128 cm³/mol. The van der Waals surface area contributed by atoms with Crippen LogP contribution < -0.4 is 0 Å². The topological polar surface area (TPSA) is 87.9 Å². The second-order valence-corrected chi connectivity index (χ2v) is 8.93. The molecular formula is C25H24N4O3S. The summed E-state index contributed by atoms with van der Waals surface area (Å²) >= 11 is 1.43. The lowest BCUT2D eigenvalue weighted by Gasteiger charge is -2.24. The molecule has 2 aromatic rings. The highest BCUT2D eigenvalue weighted by atomic mass is 32.1. The first-order valence-electron chi connectivity index (χ1n) is 10.9. The molecule has 168 valence electrons. The van der Waals surface area contributed by atoms with Crippen LogP contribution in [0.4, 0.5) is 0 Å². The molecule has 0 saturated carbocycles. The number of aromatic nitrogens is 2. The molecule has 0 spiro atoms. The molecule has 2 aliphatic carbocycles. The van der Waals surface area contributed by atoms with Crippen molar-refractivity contribution in [1.82, 2.24) is 15.0 Å². The molecule has 3 aliphatic rings. The van der Waals surface area contributed by atoms with Gasteiger partial charge in [0.05, 0.1) is 23.6 Å². The molecule has 2 aromatic heterocycles. The van der Waals surface area contributed by atoms with Crippen molar-refractivity contribution < 1.29 is 14.6 Å². The summed E-state index contributed by atoms with van der Waals surface area (Å²) in [6, 6.07) is 3.39. The average Bonchev–Trinajstić information content (AvgIpc) is 3.53. The lowest BCUT2D eigenvalue weighted by molar-refractivity contribution is 0.0729. The van der Waals surface area contributed by atoms with Crippen molar-refractivity contribution in [2.45, 2.75) is 37.8 Å². The number of carbonyl (C=O) groups excluding carboxylic acids is 1. The van der Waals surface area contributed by atoms with Gasteiger partial charge in [0.2, 0.25) is 0 Å². The summed E-state index contributed by atoms with van der Waals surface area (Å²) in [5.74, 6) is 0.0305. The lowest BCUT2D eigenvalue weighted by Crippen LogP contribution is -2.35. The van der Waals surface area contributed by atoms with Gasteiger partial charge in [0.1, 0.15) is 10.7 Å². The average molecular weight is 461 g/mol. The highest BCUT2D eigenvalue weighted by molar-refractivity contribution is 7.11. The summed E-state index contributed by atoms with van der Waals surface area (Å²) in [6.45, 7) is 0. The number of aliphatic hydroxyl groups is 1. The monoisotopic (exact) mass is 460 g/mol. The number of hydrazone groups is 1. The van der Waals surface area contributed by atoms with Crippen molar-refractivity contribution in [2.24, 2.45) is 5.10 Å². The second-order valence-electron chi connectivity index (χ2n) is 8.07. The number of thiazole rings is 1. The van der Waals surface area contributed by atoms with Crippen LogP contribution in [0.3, 0.4) is 0 Å². The van der Waals surface area contributed by atoms with E-state index in [2.05, 4.69) is 21.1 Å². The molecule has 0 radical (unpaired) electrons. The first-order chi connectivity index (χ1) is 16.1. The number of rotatable bonds is 5. The van der Waals surface area contributed by atoms with Gasteiger partial charge in [-0.2, -0.15) is 5.10 Å². The van der Waals surface area contributed by atoms with Crippen molar-refractivity contribution in [1.29, 1.82) is 0 Å². The molecule has 3 heterocycles. The summed E-state index contributed by atoms with van der Waals surface area (Å²) in [4.78, 5) is 22.3. The van der Waals surface area contributed by atoms with E-state index in [9.17, 15) is 9.90 Å². The molecule has 2 atom stereocenters. The van der Waals surface area contributed by atoms with Crippen LogP contribution in [0, 0.1) is 0 Å². The Balaban J connectivity index is 1.45. The fourth-order valence-electron chi connectivity index (χ4n) is 4.18. The minimum atomic E-state index is -0.384. The van der Waals surface area contributed by atoms with Gasteiger partial charge in [-0.25, -0.2) is 9.99 Å². The van der Waals surface area contributed by atoms with Crippen molar-refractivity contribution in [2.75, 3.05) is 7.11 Å². The van der Waals surface area contributed by atoms with Crippen LogP contribution in [0.1, 0.15) is 46.7 Å². The summed E-state index contributed by atoms with van der Waals surface area (Å²) in [5.41, 5.74) is 3.69. The summed E-state index contributed by atoms with van der Waals surface area (Å²) < 4.78 is 5.35. The van der Waals surface area contributed by atoms with Gasteiger partial charge in [0.25, 0.3) is 5.91 Å². The van der Waals surface area contributed by atoms with Gasteiger partial charge in [0, 0.05) is 54.4 Å². The van der Waals surface area contributed by atoms with Crippen LogP contribution in [-0.2, 0) is 4.74 Å². The maximum atomic E-state index is 13.5. The van der Waals surface area contributed by atoms with E-state index in [-0.39, 0.29) is 18.1 Å². The Morgan fingerprint density at radius 2 is 2.24 bits per heavy atom. The van der Waals surface area contributed by atoms with Crippen LogP contribution in [0.25, 0.3) is 5.57 Å². The van der Waals surface area contributed by atoms with Gasteiger partial charge in [0.15, 0.2) is 0 Å². The molecule has 33 heavy (non-hydrogen) atoms. The van der Waals surface area contributed by atoms with Crippen molar-refractivity contribution in [3.8, 4) is 0 Å². The van der Waals surface area contributed by atoms with Gasteiger partial charge in [-0.05, 0) is 18.9 Å². The molecule has 1 aliphatic heterocycles. The number of methoxy groups -OCH3 is 1. The van der Waals surface area contributed by atoms with Gasteiger partial charge in [-0.15, -0.1) is 11.3 Å². The molecule has 1 N–H and O–H groups in total. The summed E-state index contributed by atoms with van der Waals surface area (Å²) in [6.07, 6.45) is 16.1. The van der Waals surface area contributed by atoms with E-state index < -0.39 is 0 Å². The van der Waals surface area contributed by atoms with E-state index in [0.717, 1.165) is 40.3 Å². The van der Waals surface area contributed by atoms with Crippen molar-refractivity contribution >= 4 is 28.5 Å². The minimum absolute atomic E-state index is 0.0740. The van der Waals surface area contributed by atoms with Crippen LogP contribution in [0.15, 0.2) is 76.7 Å². The zero-order valence-electron chi connectivity index (χ0n) is 18.2. The Morgan fingerprint density at radius 1 is 1.33 bits per heavy atom. The number of nitrogens with zero attached hydrogens (tertiary/aromatic N) is 4. The Morgan fingerprint density at radius 3 is 2.97 bits per heavy atom. The van der Waals surface area contributed by atoms with E-state index in [4.69, 9.17) is 4.74 Å². The normalized spacial score (nSPS) is 22.5. The third-order valence-electron chi connectivity index (χ3n) is 5.98. The Kier molecular flexibility index (Phi) is 6.02. The molecule has 0 bridgehead atoms. The van der Waals surface area contributed by atoms with Crippen LogP contribution in [-0.4, -0.2) is 51.0 Å². The number of hydrogen-bond donors (Lipinski definition) is 1. The van der Waals surface area contributed by atoms with Crippen LogP contribution in [0.2, 0.25) is 0 Å². The number of hydrogen-bond acceptors (Lipinski definition) is 7. The summed E-state index contributed by atoms with van der Waals surface area (Å²) in [7, 11) is 1.69. The smallest absolute Gasteiger partial charge is 0.294 e. The number of allylic oxidation sites excluding steroid dienone is 4. The minimum Gasteiger partial charge on any atom is -0.512 e. The zero-order chi connectivity index (χ0) is 22.8. The fraction of sp³-hybridized carbons (Fsp3) is 0.280. The fourth-order valence-corrected chi connectivity index (χ4v) is 4.99. The molecule has 0 aromatic carbocycles. The SMILES string of the molecule is COC1C=CC(c2nc(C(=O)N3N=C(c4cccnc4)CC3C3=C(O)CCC=C3)cs2)=CC1. The Labute approximate surface area is 196 Å². The first kappa shape index (κ1) is 21.5. The van der Waals surface area contributed by atoms with E-state index in [1.54, 1.807) is 24.9 Å². The number of carbonyl (C=O) groups is 1. The Hall–Kier alpha value is -3.36. The maximum Gasteiger partial charge on any atom is 0.294 e. The van der Waals surface area contributed by atoms with E-state index in [0.29, 0.717) is 24.3 Å². The Bertz CT molecular complexity index is 1210. The molecular weight excluding hydrogens is 436 g/mol. The van der Waals surface area contributed by atoms with Gasteiger partial charge < -0.3 is 9.84 Å². The second kappa shape index (κ2) is 9.25. The standard InChI is InChI=1S/C25H24N4O3S/c1-32-18-10-8-16(9-11-18)24-27-21(15-33-24)25(31)29-22(19-6-2-3-7-23(19)30)13-20(28-29)17-5-4-12-26-14-17/h2,4-6,8-10,12,14-15,18,22,30H,3,7,11,13H2,1H3. The van der Waals surface area contributed by atoms with E-state index >= 15 is 0 Å². The number of amides is 1. The molecule has 0 fully saturated rings. The number of aliphatic hydroxyl groups excluding tert-OH is 1. The van der Waals surface area contributed by atoms with Gasteiger partial charge >= 0.3 is 0 Å². The van der Waals surface area contributed by atoms with Crippen molar-refractivity contribution in [3.63, 3.8) is 0 Å². The lowest BCUT2D eigenvalue weighted by atomic mass is 9.93. The molecule has 8 heteroatoms. The third kappa shape index (κ3) is 4.31. The molecule has 0 saturated heterocycles. The van der Waals surface area contributed by atoms with Crippen molar-refractivity contribution in [3.05, 3.63) is 87.9 Å². The highest BCUT2D eigenvalue weighted by Gasteiger charge is 2.37. The van der Waals surface area contributed by atoms with Crippen LogP contribution in [0.5, 0.6) is 0 Å². The maximum absolute atomic E-state index is 13.5.